The maximum atomic E-state index is 12.1. The number of carbonyl (C=O) groups excluding carboxylic acids is 2. The molecule has 2 aliphatic rings. The molecule has 0 aliphatic carbocycles. The van der Waals surface area contributed by atoms with Crippen molar-refractivity contribution in [3.05, 3.63) is 0 Å². The molecule has 2 rings (SSSR count). The molecule has 0 aromatic heterocycles. The first-order valence-corrected chi connectivity index (χ1v) is 8.01. The quantitative estimate of drug-likeness (QED) is 0.854. The fourth-order valence-electron chi connectivity index (χ4n) is 3.10. The summed E-state index contributed by atoms with van der Waals surface area (Å²) in [5.41, 5.74) is 0. The molecular weight excluding hydrogens is 254 g/mol. The zero-order chi connectivity index (χ0) is 14.4. The highest BCUT2D eigenvalue weighted by molar-refractivity contribution is 5.78. The smallest absolute Gasteiger partial charge is 0.317 e. The molecule has 0 spiro atoms. The van der Waals surface area contributed by atoms with Crippen molar-refractivity contribution in [3.63, 3.8) is 0 Å². The predicted molar refractivity (Wildman–Crippen MR) is 78.4 cm³/mol. The van der Waals surface area contributed by atoms with Crippen molar-refractivity contribution in [2.24, 2.45) is 5.92 Å². The molecule has 2 saturated heterocycles. The van der Waals surface area contributed by atoms with Gasteiger partial charge in [0.05, 0.1) is 0 Å². The summed E-state index contributed by atoms with van der Waals surface area (Å²) in [6, 6.07) is -0.00243. The average Bonchev–Trinajstić information content (AvgIpc) is 3.01. The lowest BCUT2D eigenvalue weighted by Crippen LogP contribution is -2.46. The molecule has 20 heavy (non-hydrogen) atoms. The van der Waals surface area contributed by atoms with Crippen molar-refractivity contribution in [1.29, 1.82) is 0 Å². The first-order chi connectivity index (χ1) is 9.70. The minimum absolute atomic E-state index is 0.00243. The molecule has 5 heteroatoms. The van der Waals surface area contributed by atoms with Crippen LogP contribution in [-0.2, 0) is 4.79 Å². The van der Waals surface area contributed by atoms with Gasteiger partial charge in [-0.05, 0) is 31.6 Å². The van der Waals surface area contributed by atoms with Gasteiger partial charge in [-0.3, -0.25) is 4.79 Å². The van der Waals surface area contributed by atoms with E-state index in [1.807, 2.05) is 9.80 Å². The number of hydrogen-bond donors (Lipinski definition) is 1. The van der Waals surface area contributed by atoms with Crippen molar-refractivity contribution in [3.8, 4) is 0 Å². The van der Waals surface area contributed by atoms with Crippen molar-refractivity contribution in [2.45, 2.75) is 45.4 Å². The van der Waals surface area contributed by atoms with Crippen molar-refractivity contribution in [1.82, 2.24) is 15.1 Å². The number of urea groups is 1. The van der Waals surface area contributed by atoms with Gasteiger partial charge in [0.15, 0.2) is 0 Å². The van der Waals surface area contributed by atoms with Gasteiger partial charge in [-0.1, -0.05) is 13.3 Å². The van der Waals surface area contributed by atoms with Gasteiger partial charge < -0.3 is 15.1 Å². The zero-order valence-corrected chi connectivity index (χ0v) is 12.6. The Morgan fingerprint density at radius 2 is 1.80 bits per heavy atom. The minimum Gasteiger partial charge on any atom is -0.343 e. The number of likely N-dealkylation sites (tertiary alicyclic amines) is 2. The normalized spacial score (nSPS) is 22.9. The summed E-state index contributed by atoms with van der Waals surface area (Å²) >= 11 is 0. The molecule has 2 fully saturated rings. The number of amides is 3. The molecule has 3 amide bonds. The first kappa shape index (κ1) is 15.1. The second-order valence-electron chi connectivity index (χ2n) is 5.93. The van der Waals surface area contributed by atoms with Crippen LogP contribution in [0.4, 0.5) is 4.79 Å². The SMILES string of the molecule is CCC1CCCN(C(=O)NCCC(=O)N2CCCC2)C1. The third-order valence-corrected chi connectivity index (χ3v) is 4.46. The maximum absolute atomic E-state index is 12.1. The zero-order valence-electron chi connectivity index (χ0n) is 12.6. The molecule has 0 radical (unpaired) electrons. The van der Waals surface area contributed by atoms with E-state index in [9.17, 15) is 9.59 Å². The van der Waals surface area contributed by atoms with Crippen LogP contribution in [0.1, 0.15) is 45.4 Å². The Bertz CT molecular complexity index is 340. The van der Waals surface area contributed by atoms with Gasteiger partial charge in [0.1, 0.15) is 0 Å². The van der Waals surface area contributed by atoms with Gasteiger partial charge in [-0.25, -0.2) is 4.79 Å². The molecule has 2 aliphatic heterocycles. The molecule has 1 unspecified atom stereocenters. The molecule has 0 bridgehead atoms. The Labute approximate surface area is 121 Å². The number of hydrogen-bond acceptors (Lipinski definition) is 2. The lowest BCUT2D eigenvalue weighted by atomic mass is 9.96. The highest BCUT2D eigenvalue weighted by Gasteiger charge is 2.23. The highest BCUT2D eigenvalue weighted by Crippen LogP contribution is 2.18. The largest absolute Gasteiger partial charge is 0.343 e. The number of carbonyl (C=O) groups is 2. The van der Waals surface area contributed by atoms with E-state index in [2.05, 4.69) is 12.2 Å². The van der Waals surface area contributed by atoms with Gasteiger partial charge in [-0.2, -0.15) is 0 Å². The number of nitrogens with zero attached hydrogens (tertiary/aromatic N) is 2. The lowest BCUT2D eigenvalue weighted by Gasteiger charge is -2.32. The van der Waals surface area contributed by atoms with Crippen LogP contribution in [0.2, 0.25) is 0 Å². The Kier molecular flexibility index (Phi) is 5.68. The Morgan fingerprint density at radius 3 is 2.50 bits per heavy atom. The van der Waals surface area contributed by atoms with E-state index in [4.69, 9.17) is 0 Å². The first-order valence-electron chi connectivity index (χ1n) is 8.01. The van der Waals surface area contributed by atoms with E-state index in [0.29, 0.717) is 18.9 Å². The summed E-state index contributed by atoms with van der Waals surface area (Å²) in [7, 11) is 0. The van der Waals surface area contributed by atoms with Gasteiger partial charge in [0, 0.05) is 39.1 Å². The van der Waals surface area contributed by atoms with Crippen molar-refractivity contribution >= 4 is 11.9 Å². The molecular formula is C15H27N3O2. The van der Waals surface area contributed by atoms with E-state index >= 15 is 0 Å². The van der Waals surface area contributed by atoms with Crippen LogP contribution in [0, 0.1) is 5.92 Å². The van der Waals surface area contributed by atoms with E-state index < -0.39 is 0 Å². The Balaban J connectivity index is 1.65. The molecule has 0 aromatic carbocycles. The van der Waals surface area contributed by atoms with E-state index in [-0.39, 0.29) is 11.9 Å². The maximum Gasteiger partial charge on any atom is 0.317 e. The van der Waals surface area contributed by atoms with E-state index in [0.717, 1.165) is 51.9 Å². The van der Waals surface area contributed by atoms with Gasteiger partial charge in [0.25, 0.3) is 0 Å². The van der Waals surface area contributed by atoms with Crippen LogP contribution in [-0.4, -0.2) is 54.5 Å². The lowest BCUT2D eigenvalue weighted by molar-refractivity contribution is -0.129. The molecule has 5 nitrogen and oxygen atoms in total. The van der Waals surface area contributed by atoms with Crippen LogP contribution in [0.15, 0.2) is 0 Å². The summed E-state index contributed by atoms with van der Waals surface area (Å²) < 4.78 is 0. The van der Waals surface area contributed by atoms with Crippen LogP contribution in [0.25, 0.3) is 0 Å². The number of nitrogens with one attached hydrogen (secondary N) is 1. The Hall–Kier alpha value is -1.26. The van der Waals surface area contributed by atoms with Crippen LogP contribution in [0.5, 0.6) is 0 Å². The monoisotopic (exact) mass is 281 g/mol. The van der Waals surface area contributed by atoms with Crippen molar-refractivity contribution < 1.29 is 9.59 Å². The average molecular weight is 281 g/mol. The van der Waals surface area contributed by atoms with Crippen LogP contribution >= 0.6 is 0 Å². The van der Waals surface area contributed by atoms with E-state index in [1.54, 1.807) is 0 Å². The fraction of sp³-hybridized carbons (Fsp3) is 0.867. The summed E-state index contributed by atoms with van der Waals surface area (Å²) in [5.74, 6) is 0.814. The van der Waals surface area contributed by atoms with Crippen LogP contribution in [0.3, 0.4) is 0 Å². The number of rotatable bonds is 4. The molecule has 2 heterocycles. The third-order valence-electron chi connectivity index (χ3n) is 4.46. The van der Waals surface area contributed by atoms with Gasteiger partial charge in [-0.15, -0.1) is 0 Å². The summed E-state index contributed by atoms with van der Waals surface area (Å²) in [6.07, 6.45) is 6.12. The predicted octanol–water partition coefficient (Wildman–Crippen LogP) is 1.83. The van der Waals surface area contributed by atoms with Gasteiger partial charge >= 0.3 is 6.03 Å². The minimum atomic E-state index is -0.00243. The third kappa shape index (κ3) is 4.12. The molecule has 0 aromatic rings. The second kappa shape index (κ2) is 7.50. The summed E-state index contributed by atoms with van der Waals surface area (Å²) in [4.78, 5) is 27.7. The standard InChI is InChI=1S/C15H27N3O2/c1-2-13-6-5-11-18(12-13)15(20)16-8-7-14(19)17-9-3-4-10-17/h13H,2-12H2,1H3,(H,16,20). The number of piperidine rings is 1. The fourth-order valence-corrected chi connectivity index (χ4v) is 3.10. The second-order valence-corrected chi connectivity index (χ2v) is 5.93. The van der Waals surface area contributed by atoms with Gasteiger partial charge in [0.2, 0.25) is 5.91 Å². The molecule has 114 valence electrons. The Morgan fingerprint density at radius 1 is 1.10 bits per heavy atom. The topological polar surface area (TPSA) is 52.7 Å². The molecule has 1 atom stereocenters. The molecule has 0 saturated carbocycles. The van der Waals surface area contributed by atoms with E-state index in [1.165, 1.54) is 6.42 Å². The highest BCUT2D eigenvalue weighted by atomic mass is 16.2. The summed E-state index contributed by atoms with van der Waals surface area (Å²) in [5, 5.41) is 2.89. The van der Waals surface area contributed by atoms with Crippen molar-refractivity contribution in [2.75, 3.05) is 32.7 Å². The summed E-state index contributed by atoms with van der Waals surface area (Å²) in [6.45, 7) is 6.13. The molecule has 1 N–H and O–H groups in total. The van der Waals surface area contributed by atoms with Crippen LogP contribution < -0.4 is 5.32 Å².